The normalized spacial score (nSPS) is 21.6. The number of aliphatic imine (C=N–C) groups is 1. The summed E-state index contributed by atoms with van der Waals surface area (Å²) in [6.45, 7) is 5.69. The van der Waals surface area contributed by atoms with Gasteiger partial charge >= 0.3 is 0 Å². The molecule has 0 spiro atoms. The van der Waals surface area contributed by atoms with E-state index in [1.54, 1.807) is 19.1 Å². The Balaban J connectivity index is 1.83. The molecule has 2 aromatic carbocycles. The molecular weight excluding hydrogens is 442 g/mol. The Morgan fingerprint density at radius 1 is 1.18 bits per heavy atom. The van der Waals surface area contributed by atoms with Crippen molar-refractivity contribution in [2.45, 2.75) is 39.5 Å². The summed E-state index contributed by atoms with van der Waals surface area (Å²) in [5, 5.41) is 12.6. The van der Waals surface area contributed by atoms with Gasteiger partial charge in [0.25, 0.3) is 0 Å². The molecule has 1 amide bonds. The molecule has 2 atom stereocenters. The number of methoxy groups -OCH3 is 1. The van der Waals surface area contributed by atoms with Crippen molar-refractivity contribution >= 4 is 23.1 Å². The third-order valence-electron chi connectivity index (χ3n) is 6.34. The lowest BCUT2D eigenvalue weighted by Gasteiger charge is -2.39. The predicted octanol–water partition coefficient (Wildman–Crippen LogP) is 5.14. The van der Waals surface area contributed by atoms with Gasteiger partial charge in [-0.1, -0.05) is 19.9 Å². The number of aromatic hydroxyl groups is 1. The summed E-state index contributed by atoms with van der Waals surface area (Å²) in [5.74, 6) is -3.86. The van der Waals surface area contributed by atoms with Crippen LogP contribution in [0.1, 0.15) is 45.1 Å². The lowest BCUT2D eigenvalue weighted by atomic mass is 9.66. The van der Waals surface area contributed by atoms with Crippen LogP contribution in [0.4, 0.5) is 14.5 Å². The fourth-order valence-corrected chi connectivity index (χ4v) is 4.83. The van der Waals surface area contributed by atoms with E-state index in [-0.39, 0.29) is 28.4 Å². The number of phenols is 1. The number of anilines is 1. The van der Waals surface area contributed by atoms with Crippen molar-refractivity contribution in [3.63, 3.8) is 0 Å². The van der Waals surface area contributed by atoms with Crippen LogP contribution in [-0.2, 0) is 9.59 Å². The van der Waals surface area contributed by atoms with Gasteiger partial charge < -0.3 is 15.2 Å². The third-order valence-corrected chi connectivity index (χ3v) is 6.34. The van der Waals surface area contributed by atoms with Crippen LogP contribution in [0.15, 0.2) is 52.7 Å². The molecule has 4 rings (SSSR count). The zero-order chi connectivity index (χ0) is 24.8. The zero-order valence-corrected chi connectivity index (χ0v) is 19.4. The zero-order valence-electron chi connectivity index (χ0n) is 19.4. The number of carbonyl (C=O) groups is 2. The van der Waals surface area contributed by atoms with Crippen molar-refractivity contribution in [1.82, 2.24) is 0 Å². The van der Waals surface area contributed by atoms with Crippen LogP contribution in [0.5, 0.6) is 11.5 Å². The summed E-state index contributed by atoms with van der Waals surface area (Å²) in [6, 6.07) is 7.56. The molecular formula is C26H26F2N2O4. The third kappa shape index (κ3) is 4.32. The Kier molecular flexibility index (Phi) is 6.02. The van der Waals surface area contributed by atoms with E-state index in [1.807, 2.05) is 13.8 Å². The molecule has 178 valence electrons. The first-order chi connectivity index (χ1) is 16.0. The summed E-state index contributed by atoms with van der Waals surface area (Å²) >= 11 is 0. The van der Waals surface area contributed by atoms with E-state index < -0.39 is 29.4 Å². The van der Waals surface area contributed by atoms with Crippen LogP contribution in [0.25, 0.3) is 0 Å². The van der Waals surface area contributed by atoms with E-state index in [1.165, 1.54) is 13.2 Å². The quantitative estimate of drug-likeness (QED) is 0.651. The van der Waals surface area contributed by atoms with Gasteiger partial charge in [0.05, 0.1) is 18.7 Å². The largest absolute Gasteiger partial charge is 0.504 e. The minimum Gasteiger partial charge on any atom is -0.504 e. The van der Waals surface area contributed by atoms with Gasteiger partial charge in [-0.25, -0.2) is 8.78 Å². The summed E-state index contributed by atoms with van der Waals surface area (Å²) in [4.78, 5) is 31.4. The highest BCUT2D eigenvalue weighted by atomic mass is 19.1. The van der Waals surface area contributed by atoms with Gasteiger partial charge in [0, 0.05) is 35.4 Å². The molecule has 2 aromatic rings. The number of nitrogens with one attached hydrogen (secondary N) is 1. The number of amides is 1. The molecule has 0 saturated heterocycles. The van der Waals surface area contributed by atoms with Gasteiger partial charge in [-0.15, -0.1) is 0 Å². The van der Waals surface area contributed by atoms with Crippen molar-refractivity contribution in [3.8, 4) is 11.5 Å². The number of benzene rings is 2. The summed E-state index contributed by atoms with van der Waals surface area (Å²) in [6.07, 6.45) is 0.866. The van der Waals surface area contributed by atoms with E-state index in [9.17, 15) is 23.5 Å². The van der Waals surface area contributed by atoms with E-state index in [0.29, 0.717) is 41.5 Å². The van der Waals surface area contributed by atoms with Crippen LogP contribution < -0.4 is 10.1 Å². The van der Waals surface area contributed by atoms with Gasteiger partial charge in [0.15, 0.2) is 17.3 Å². The fraction of sp³-hybridized carbons (Fsp3) is 0.346. The van der Waals surface area contributed by atoms with E-state index >= 15 is 0 Å². The van der Waals surface area contributed by atoms with Crippen LogP contribution in [0.2, 0.25) is 0 Å². The van der Waals surface area contributed by atoms with Crippen molar-refractivity contribution in [2.75, 3.05) is 12.4 Å². The molecule has 1 heterocycles. The maximum Gasteiger partial charge on any atom is 0.234 e. The Morgan fingerprint density at radius 3 is 2.59 bits per heavy atom. The maximum atomic E-state index is 14.3. The van der Waals surface area contributed by atoms with Gasteiger partial charge in [0.2, 0.25) is 5.91 Å². The standard InChI is InChI=1S/C26H26F2N2O4/c1-13-22(25(33)30-17-7-6-15(27)10-16(17)28)23(14-5-8-19(31)21(9-14)34-4)24-18(29-13)11-26(2,3)12-20(24)32/h5-10,22-23,31H,11-12H2,1-4H3,(H,30,33)/t22?,23-/m0/s1. The van der Waals surface area contributed by atoms with Crippen molar-refractivity contribution in [1.29, 1.82) is 0 Å². The summed E-state index contributed by atoms with van der Waals surface area (Å²) in [5.41, 5.74) is 1.69. The second kappa shape index (κ2) is 8.66. The molecule has 0 fully saturated rings. The molecule has 1 unspecified atom stereocenters. The number of nitrogens with zero attached hydrogens (tertiary/aromatic N) is 1. The van der Waals surface area contributed by atoms with Crippen molar-refractivity contribution < 1.29 is 28.2 Å². The van der Waals surface area contributed by atoms with Gasteiger partial charge in [-0.3, -0.25) is 14.6 Å². The minimum absolute atomic E-state index is 0.0767. The monoisotopic (exact) mass is 468 g/mol. The molecule has 1 aliphatic carbocycles. The number of allylic oxidation sites excluding steroid dienone is 2. The Morgan fingerprint density at radius 2 is 1.91 bits per heavy atom. The van der Waals surface area contributed by atoms with Crippen LogP contribution in [0.3, 0.4) is 0 Å². The molecule has 0 aromatic heterocycles. The minimum atomic E-state index is -0.928. The highest BCUT2D eigenvalue weighted by molar-refractivity contribution is 6.13. The second-order valence-electron chi connectivity index (χ2n) is 9.55. The number of Topliss-reactive ketones (excluding diaryl/α,β-unsaturated/α-hetero) is 1. The number of hydrogen-bond acceptors (Lipinski definition) is 5. The Bertz CT molecular complexity index is 1250. The van der Waals surface area contributed by atoms with Crippen LogP contribution in [-0.4, -0.2) is 29.6 Å². The number of hydrogen-bond donors (Lipinski definition) is 2. The number of ketones is 1. The molecule has 0 radical (unpaired) electrons. The molecule has 0 bridgehead atoms. The number of phenolic OH excluding ortho intramolecular Hbond substituents is 1. The molecule has 2 aliphatic rings. The smallest absolute Gasteiger partial charge is 0.234 e. The molecule has 0 saturated carbocycles. The van der Waals surface area contributed by atoms with Gasteiger partial charge in [-0.05, 0) is 48.6 Å². The van der Waals surface area contributed by atoms with E-state index in [2.05, 4.69) is 10.3 Å². The van der Waals surface area contributed by atoms with Crippen molar-refractivity contribution in [2.24, 2.45) is 16.3 Å². The highest BCUT2D eigenvalue weighted by Gasteiger charge is 2.45. The number of rotatable bonds is 4. The lowest BCUT2D eigenvalue weighted by molar-refractivity contribution is -0.119. The second-order valence-corrected chi connectivity index (χ2v) is 9.55. The summed E-state index contributed by atoms with van der Waals surface area (Å²) < 4.78 is 32.8. The molecule has 1 aliphatic heterocycles. The molecule has 34 heavy (non-hydrogen) atoms. The van der Waals surface area contributed by atoms with E-state index in [0.717, 1.165) is 12.1 Å². The van der Waals surface area contributed by atoms with Gasteiger partial charge in [-0.2, -0.15) is 0 Å². The molecule has 8 heteroatoms. The molecule has 2 N–H and O–H groups in total. The van der Waals surface area contributed by atoms with Crippen LogP contribution >= 0.6 is 0 Å². The fourth-order valence-electron chi connectivity index (χ4n) is 4.83. The maximum absolute atomic E-state index is 14.3. The number of halogens is 2. The first kappa shape index (κ1) is 23.6. The van der Waals surface area contributed by atoms with E-state index in [4.69, 9.17) is 4.74 Å². The highest BCUT2D eigenvalue weighted by Crippen LogP contribution is 2.48. The topological polar surface area (TPSA) is 88.0 Å². The van der Waals surface area contributed by atoms with Gasteiger partial charge in [0.1, 0.15) is 11.6 Å². The predicted molar refractivity (Wildman–Crippen MR) is 124 cm³/mol. The first-order valence-corrected chi connectivity index (χ1v) is 10.9. The SMILES string of the molecule is COc1cc([C@@H]2C3=C(CC(C)(C)CC3=O)N=C(C)C2C(=O)Nc2ccc(F)cc2F)ccc1O. The average Bonchev–Trinajstić information content (AvgIpc) is 2.74. The number of ether oxygens (including phenoxy) is 1. The Labute approximate surface area is 196 Å². The number of carbonyl (C=O) groups excluding carboxylic acids is 2. The molecule has 6 nitrogen and oxygen atoms in total. The Hall–Kier alpha value is -3.55. The van der Waals surface area contributed by atoms with Crippen molar-refractivity contribution in [3.05, 3.63) is 64.9 Å². The van der Waals surface area contributed by atoms with Crippen LogP contribution in [0, 0.1) is 23.0 Å². The summed E-state index contributed by atoms with van der Waals surface area (Å²) in [7, 11) is 1.41. The lowest BCUT2D eigenvalue weighted by Crippen LogP contribution is -2.41. The average molecular weight is 469 g/mol. The first-order valence-electron chi connectivity index (χ1n) is 10.9.